The van der Waals surface area contributed by atoms with Gasteiger partial charge >= 0.3 is 5.51 Å². The van der Waals surface area contributed by atoms with Crippen molar-refractivity contribution in [1.29, 1.82) is 0 Å². The van der Waals surface area contributed by atoms with Crippen LogP contribution in [-0.4, -0.2) is 19.8 Å². The second kappa shape index (κ2) is 6.64. The summed E-state index contributed by atoms with van der Waals surface area (Å²) in [5.41, 5.74) is -0.589. The van der Waals surface area contributed by atoms with Crippen LogP contribution in [0.1, 0.15) is 10.4 Å². The largest absolute Gasteiger partial charge is 0.501 e. The Morgan fingerprint density at radius 2 is 1.76 bits per heavy atom. The van der Waals surface area contributed by atoms with Crippen molar-refractivity contribution in [3.8, 4) is 11.5 Å². The molecular weight excluding hydrogens is 434 g/mol. The van der Waals surface area contributed by atoms with E-state index in [0.717, 1.165) is 24.3 Å². The molecule has 0 saturated carbocycles. The maximum absolute atomic E-state index is 13.4. The Balaban J connectivity index is 2.39. The van der Waals surface area contributed by atoms with Gasteiger partial charge in [0.15, 0.2) is 0 Å². The smallest absolute Gasteiger partial charge is 0.456 e. The highest BCUT2D eigenvalue weighted by molar-refractivity contribution is 9.10. The molecule has 0 aromatic heterocycles. The van der Waals surface area contributed by atoms with E-state index in [0.29, 0.717) is 12.1 Å². The summed E-state index contributed by atoms with van der Waals surface area (Å²) in [5, 5.41) is 0. The number of amides is 1. The number of nitrogens with two attached hydrogens (primary N) is 1. The molecule has 25 heavy (non-hydrogen) atoms. The molecule has 0 radical (unpaired) electrons. The van der Waals surface area contributed by atoms with Gasteiger partial charge < -0.3 is 10.5 Å². The van der Waals surface area contributed by atoms with Crippen molar-refractivity contribution in [1.82, 2.24) is 0 Å². The van der Waals surface area contributed by atoms with Crippen LogP contribution in [0.15, 0.2) is 45.8 Å². The Hall–Kier alpha value is -2.14. The zero-order valence-corrected chi connectivity index (χ0v) is 14.4. The van der Waals surface area contributed by atoms with E-state index in [1.54, 1.807) is 0 Å². The van der Waals surface area contributed by atoms with Crippen LogP contribution in [0, 0.1) is 5.82 Å². The number of sulfone groups is 1. The first kappa shape index (κ1) is 19.2. The van der Waals surface area contributed by atoms with Crippen molar-refractivity contribution in [3.63, 3.8) is 0 Å². The minimum Gasteiger partial charge on any atom is -0.456 e. The number of halogens is 5. The van der Waals surface area contributed by atoms with Crippen molar-refractivity contribution in [3.05, 3.63) is 52.3 Å². The van der Waals surface area contributed by atoms with Gasteiger partial charge in [0.1, 0.15) is 17.3 Å². The third-order valence-electron chi connectivity index (χ3n) is 2.90. The van der Waals surface area contributed by atoms with E-state index < -0.39 is 32.0 Å². The maximum Gasteiger partial charge on any atom is 0.501 e. The van der Waals surface area contributed by atoms with Gasteiger partial charge in [0.2, 0.25) is 5.91 Å². The summed E-state index contributed by atoms with van der Waals surface area (Å²) in [4.78, 5) is 10.1. The predicted molar refractivity (Wildman–Crippen MR) is 82.4 cm³/mol. The lowest BCUT2D eigenvalue weighted by Gasteiger charge is -2.12. The molecule has 1 amide bonds. The number of alkyl halides is 3. The van der Waals surface area contributed by atoms with E-state index >= 15 is 0 Å². The summed E-state index contributed by atoms with van der Waals surface area (Å²) >= 11 is 2.89. The monoisotopic (exact) mass is 441 g/mol. The molecule has 0 unspecified atom stereocenters. The summed E-state index contributed by atoms with van der Waals surface area (Å²) in [7, 11) is -5.52. The summed E-state index contributed by atoms with van der Waals surface area (Å²) < 4.78 is 78.9. The lowest BCUT2D eigenvalue weighted by Crippen LogP contribution is -2.23. The molecule has 0 atom stereocenters. The minimum atomic E-state index is -5.52. The number of carbonyl (C=O) groups is 1. The molecule has 0 heterocycles. The normalized spacial score (nSPS) is 12.0. The van der Waals surface area contributed by atoms with Crippen LogP contribution in [0.5, 0.6) is 11.5 Å². The SMILES string of the molecule is NC(=O)c1cc(F)cc(Oc2ccc(S(=O)(=O)C(F)(F)F)cc2Br)c1. The minimum absolute atomic E-state index is 0.0952. The standard InChI is InChI=1S/C14H8BrF4NO4S/c15-11-6-10(25(22,23)14(17,18)19)1-2-12(11)24-9-4-7(13(20)21)3-8(16)5-9/h1-6H,(H2,20,21). The van der Waals surface area contributed by atoms with Crippen LogP contribution in [0.2, 0.25) is 0 Å². The number of ether oxygens (including phenoxy) is 1. The molecule has 11 heteroatoms. The molecule has 134 valence electrons. The number of hydrogen-bond acceptors (Lipinski definition) is 4. The predicted octanol–water partition coefficient (Wildman–Crippen LogP) is 3.77. The Labute approximate surface area is 147 Å². The van der Waals surface area contributed by atoms with Gasteiger partial charge in [-0.15, -0.1) is 0 Å². The number of hydrogen-bond donors (Lipinski definition) is 1. The molecule has 2 aromatic rings. The fourth-order valence-corrected chi connectivity index (χ4v) is 3.15. The molecule has 2 N–H and O–H groups in total. The van der Waals surface area contributed by atoms with Crippen molar-refractivity contribution in [2.24, 2.45) is 5.73 Å². The second-order valence-electron chi connectivity index (χ2n) is 4.68. The molecule has 0 aliphatic rings. The van der Waals surface area contributed by atoms with Crippen molar-refractivity contribution in [2.45, 2.75) is 10.4 Å². The molecule has 5 nitrogen and oxygen atoms in total. The summed E-state index contributed by atoms with van der Waals surface area (Å²) in [6, 6.07) is 5.27. The van der Waals surface area contributed by atoms with Crippen LogP contribution in [0.3, 0.4) is 0 Å². The molecule has 2 aromatic carbocycles. The zero-order chi connectivity index (χ0) is 19.0. The average Bonchev–Trinajstić information content (AvgIpc) is 2.47. The summed E-state index contributed by atoms with van der Waals surface area (Å²) in [6.07, 6.45) is 0. The molecule has 0 spiro atoms. The number of rotatable bonds is 4. The Bertz CT molecular complexity index is 944. The first-order valence-corrected chi connectivity index (χ1v) is 8.58. The molecular formula is C14H8BrF4NO4S. The maximum atomic E-state index is 13.4. The molecule has 0 bridgehead atoms. The van der Waals surface area contributed by atoms with Crippen LogP contribution < -0.4 is 10.5 Å². The second-order valence-corrected chi connectivity index (χ2v) is 7.48. The Kier molecular flexibility index (Phi) is 5.09. The van der Waals surface area contributed by atoms with Gasteiger partial charge in [-0.05, 0) is 46.3 Å². The average molecular weight is 442 g/mol. The van der Waals surface area contributed by atoms with Gasteiger partial charge in [0.05, 0.1) is 9.37 Å². The van der Waals surface area contributed by atoms with Crippen molar-refractivity contribution in [2.75, 3.05) is 0 Å². The van der Waals surface area contributed by atoms with E-state index in [1.165, 1.54) is 0 Å². The van der Waals surface area contributed by atoms with Gasteiger partial charge in [-0.2, -0.15) is 13.2 Å². The number of carbonyl (C=O) groups excluding carboxylic acids is 1. The summed E-state index contributed by atoms with van der Waals surface area (Å²) in [5.74, 6) is -1.98. The molecule has 2 rings (SSSR count). The molecule has 0 saturated heterocycles. The zero-order valence-electron chi connectivity index (χ0n) is 12.0. The highest BCUT2D eigenvalue weighted by Crippen LogP contribution is 2.36. The summed E-state index contributed by atoms with van der Waals surface area (Å²) in [6.45, 7) is 0. The van der Waals surface area contributed by atoms with Crippen LogP contribution >= 0.6 is 15.9 Å². The van der Waals surface area contributed by atoms with Crippen LogP contribution in [-0.2, 0) is 9.84 Å². The highest BCUT2D eigenvalue weighted by atomic mass is 79.9. The topological polar surface area (TPSA) is 86.5 Å². The lowest BCUT2D eigenvalue weighted by molar-refractivity contribution is -0.0436. The van der Waals surface area contributed by atoms with E-state index in [4.69, 9.17) is 10.5 Å². The highest BCUT2D eigenvalue weighted by Gasteiger charge is 2.47. The molecule has 0 aliphatic carbocycles. The first-order chi connectivity index (χ1) is 11.4. The van der Waals surface area contributed by atoms with E-state index in [9.17, 15) is 30.8 Å². The van der Waals surface area contributed by atoms with Crippen LogP contribution in [0.4, 0.5) is 17.6 Å². The third-order valence-corrected chi connectivity index (χ3v) is 5.01. The van der Waals surface area contributed by atoms with E-state index in [-0.39, 0.29) is 21.5 Å². The Morgan fingerprint density at radius 3 is 2.28 bits per heavy atom. The van der Waals surface area contributed by atoms with Gasteiger partial charge in [0.25, 0.3) is 9.84 Å². The number of primary amides is 1. The fraction of sp³-hybridized carbons (Fsp3) is 0.0714. The van der Waals surface area contributed by atoms with Crippen molar-refractivity contribution < 1.29 is 35.5 Å². The van der Waals surface area contributed by atoms with Gasteiger partial charge in [-0.3, -0.25) is 4.79 Å². The first-order valence-electron chi connectivity index (χ1n) is 6.31. The quantitative estimate of drug-likeness (QED) is 0.731. The lowest BCUT2D eigenvalue weighted by atomic mass is 10.2. The van der Waals surface area contributed by atoms with Crippen molar-refractivity contribution >= 4 is 31.7 Å². The van der Waals surface area contributed by atoms with Crippen LogP contribution in [0.25, 0.3) is 0 Å². The van der Waals surface area contributed by atoms with Gasteiger partial charge in [-0.1, -0.05) is 0 Å². The fourth-order valence-electron chi connectivity index (χ4n) is 1.76. The van der Waals surface area contributed by atoms with Gasteiger partial charge in [0, 0.05) is 11.6 Å². The van der Waals surface area contributed by atoms with Gasteiger partial charge in [-0.25, -0.2) is 12.8 Å². The van der Waals surface area contributed by atoms with E-state index in [2.05, 4.69) is 15.9 Å². The number of benzene rings is 2. The third kappa shape index (κ3) is 4.10. The molecule has 0 aliphatic heterocycles. The molecule has 0 fully saturated rings. The van der Waals surface area contributed by atoms with E-state index in [1.807, 2.05) is 0 Å². The Morgan fingerprint density at radius 1 is 1.12 bits per heavy atom.